The van der Waals surface area contributed by atoms with Gasteiger partial charge in [0, 0.05) is 7.11 Å². The highest BCUT2D eigenvalue weighted by atomic mass is 32.2. The molecular formula is C23H26N2O4S. The number of methoxy groups -OCH3 is 2. The Hall–Kier alpha value is -2.77. The minimum atomic E-state index is -0.0896. The largest absolute Gasteiger partial charge is 0.493 e. The summed E-state index contributed by atoms with van der Waals surface area (Å²) in [5.74, 6) is 1.21. The highest BCUT2D eigenvalue weighted by Gasteiger charge is 2.33. The summed E-state index contributed by atoms with van der Waals surface area (Å²) in [5, 5.41) is 0.640. The Bertz CT molecular complexity index is 941. The van der Waals surface area contributed by atoms with Crippen molar-refractivity contribution in [2.24, 2.45) is 4.99 Å². The van der Waals surface area contributed by atoms with Crippen LogP contribution in [0.2, 0.25) is 0 Å². The topological polar surface area (TPSA) is 60.4 Å². The molecule has 2 aromatic rings. The number of hydrogen-bond donors (Lipinski definition) is 0. The number of aliphatic imine (C=N–C) groups is 1. The molecule has 0 atom stereocenters. The third-order valence-electron chi connectivity index (χ3n) is 4.24. The van der Waals surface area contributed by atoms with Gasteiger partial charge < -0.3 is 14.2 Å². The van der Waals surface area contributed by atoms with Crippen LogP contribution in [0.4, 0.5) is 5.69 Å². The van der Waals surface area contributed by atoms with Crippen LogP contribution in [0.1, 0.15) is 19.4 Å². The van der Waals surface area contributed by atoms with Crippen LogP contribution in [0.15, 0.2) is 58.4 Å². The molecule has 1 heterocycles. The van der Waals surface area contributed by atoms with E-state index in [0.29, 0.717) is 34.7 Å². The van der Waals surface area contributed by atoms with E-state index in [-0.39, 0.29) is 12.0 Å². The van der Waals surface area contributed by atoms with Crippen LogP contribution in [0, 0.1) is 0 Å². The number of amidine groups is 1. The summed E-state index contributed by atoms with van der Waals surface area (Å²) in [6, 6.07) is 15.2. The number of amides is 1. The minimum absolute atomic E-state index is 0.0427. The first-order valence-electron chi connectivity index (χ1n) is 9.70. The number of thioether (sulfide) groups is 1. The molecule has 3 rings (SSSR count). The van der Waals surface area contributed by atoms with Crippen LogP contribution < -0.4 is 9.47 Å². The fourth-order valence-electron chi connectivity index (χ4n) is 2.86. The Labute approximate surface area is 181 Å². The maximum absolute atomic E-state index is 13.0. The summed E-state index contributed by atoms with van der Waals surface area (Å²) >= 11 is 1.36. The summed E-state index contributed by atoms with van der Waals surface area (Å²) in [6.07, 6.45) is 1.89. The Morgan fingerprint density at radius 2 is 1.87 bits per heavy atom. The molecular weight excluding hydrogens is 400 g/mol. The molecule has 1 amide bonds. The average molecular weight is 427 g/mol. The van der Waals surface area contributed by atoms with E-state index in [1.54, 1.807) is 19.1 Å². The van der Waals surface area contributed by atoms with E-state index in [1.807, 2.05) is 68.5 Å². The van der Waals surface area contributed by atoms with Crippen LogP contribution in [0.5, 0.6) is 11.5 Å². The molecule has 0 radical (unpaired) electrons. The van der Waals surface area contributed by atoms with E-state index in [0.717, 1.165) is 11.3 Å². The van der Waals surface area contributed by atoms with Gasteiger partial charge in [-0.05, 0) is 61.5 Å². The van der Waals surface area contributed by atoms with Gasteiger partial charge in [-0.1, -0.05) is 24.3 Å². The fraction of sp³-hybridized carbons (Fsp3) is 0.304. The van der Waals surface area contributed by atoms with Crippen LogP contribution in [-0.2, 0) is 9.53 Å². The molecule has 1 saturated heterocycles. The molecule has 0 aromatic heterocycles. The van der Waals surface area contributed by atoms with Gasteiger partial charge in [-0.15, -0.1) is 0 Å². The summed E-state index contributed by atoms with van der Waals surface area (Å²) in [7, 11) is 3.22. The van der Waals surface area contributed by atoms with Gasteiger partial charge in [-0.3, -0.25) is 9.69 Å². The first-order valence-corrected chi connectivity index (χ1v) is 10.5. The number of para-hydroxylation sites is 1. The lowest BCUT2D eigenvalue weighted by Crippen LogP contribution is -2.32. The van der Waals surface area contributed by atoms with Gasteiger partial charge in [0.1, 0.15) is 0 Å². The number of hydrogen-bond acceptors (Lipinski definition) is 6. The van der Waals surface area contributed by atoms with Crippen molar-refractivity contribution in [3.8, 4) is 11.5 Å². The van der Waals surface area contributed by atoms with Crippen LogP contribution in [0.25, 0.3) is 6.08 Å². The molecule has 0 unspecified atom stereocenters. The zero-order chi connectivity index (χ0) is 21.5. The second kappa shape index (κ2) is 10.3. The molecule has 30 heavy (non-hydrogen) atoms. The van der Waals surface area contributed by atoms with Gasteiger partial charge in [0.2, 0.25) is 0 Å². The van der Waals surface area contributed by atoms with Gasteiger partial charge >= 0.3 is 0 Å². The van der Waals surface area contributed by atoms with Gasteiger partial charge in [0.25, 0.3) is 5.91 Å². The van der Waals surface area contributed by atoms with Gasteiger partial charge in [0.05, 0.1) is 37.0 Å². The standard InChI is InChI=1S/C23H26N2O4S/c1-16(2)29-19-11-10-17(14-20(19)28-4)15-21-22(26)25(12-13-27-3)23(30-21)24-18-8-6-5-7-9-18/h5-11,14-16H,12-13H2,1-4H3/b21-15+,24-23?. The van der Waals surface area contributed by atoms with Crippen molar-refractivity contribution in [1.29, 1.82) is 0 Å². The van der Waals surface area contributed by atoms with Crippen LogP contribution >= 0.6 is 11.8 Å². The smallest absolute Gasteiger partial charge is 0.266 e. The number of nitrogens with zero attached hydrogens (tertiary/aromatic N) is 2. The lowest BCUT2D eigenvalue weighted by atomic mass is 10.2. The Morgan fingerprint density at radius 1 is 1.10 bits per heavy atom. The zero-order valence-corrected chi connectivity index (χ0v) is 18.4. The van der Waals surface area contributed by atoms with E-state index in [1.165, 1.54) is 11.8 Å². The number of ether oxygens (including phenoxy) is 3. The van der Waals surface area contributed by atoms with Gasteiger partial charge in [-0.25, -0.2) is 4.99 Å². The lowest BCUT2D eigenvalue weighted by molar-refractivity contribution is -0.122. The second-order valence-electron chi connectivity index (χ2n) is 6.87. The predicted octanol–water partition coefficient (Wildman–Crippen LogP) is 4.73. The summed E-state index contributed by atoms with van der Waals surface area (Å²) in [4.78, 5) is 19.9. The molecule has 0 bridgehead atoms. The van der Waals surface area contributed by atoms with E-state index >= 15 is 0 Å². The number of carbonyl (C=O) groups excluding carboxylic acids is 1. The average Bonchev–Trinajstić information content (AvgIpc) is 3.02. The molecule has 2 aromatic carbocycles. The normalized spacial score (nSPS) is 16.7. The van der Waals surface area contributed by atoms with Crippen molar-refractivity contribution in [3.05, 3.63) is 59.0 Å². The molecule has 0 aliphatic carbocycles. The molecule has 1 aliphatic rings. The molecule has 0 saturated carbocycles. The third-order valence-corrected chi connectivity index (χ3v) is 5.24. The molecule has 158 valence electrons. The Morgan fingerprint density at radius 3 is 2.53 bits per heavy atom. The van der Waals surface area contributed by atoms with Crippen molar-refractivity contribution in [1.82, 2.24) is 4.90 Å². The van der Waals surface area contributed by atoms with Crippen molar-refractivity contribution in [3.63, 3.8) is 0 Å². The van der Waals surface area contributed by atoms with Crippen LogP contribution in [-0.4, -0.2) is 49.4 Å². The number of benzene rings is 2. The Kier molecular flexibility index (Phi) is 7.54. The number of carbonyl (C=O) groups is 1. The zero-order valence-electron chi connectivity index (χ0n) is 17.6. The van der Waals surface area contributed by atoms with Crippen molar-refractivity contribution in [2.45, 2.75) is 20.0 Å². The minimum Gasteiger partial charge on any atom is -0.493 e. The second-order valence-corrected chi connectivity index (χ2v) is 7.88. The molecule has 1 aliphatic heterocycles. The van der Waals surface area contributed by atoms with Crippen molar-refractivity contribution < 1.29 is 19.0 Å². The van der Waals surface area contributed by atoms with Crippen molar-refractivity contribution >= 4 is 34.6 Å². The maximum atomic E-state index is 13.0. The number of rotatable bonds is 8. The summed E-state index contributed by atoms with van der Waals surface area (Å²) < 4.78 is 16.4. The first kappa shape index (κ1) is 21.9. The monoisotopic (exact) mass is 426 g/mol. The van der Waals surface area contributed by atoms with E-state index in [2.05, 4.69) is 4.99 Å². The first-order chi connectivity index (χ1) is 14.5. The fourth-order valence-corrected chi connectivity index (χ4v) is 3.89. The lowest BCUT2D eigenvalue weighted by Gasteiger charge is -2.14. The summed E-state index contributed by atoms with van der Waals surface area (Å²) in [6.45, 7) is 4.80. The molecule has 7 heteroatoms. The van der Waals surface area contributed by atoms with Gasteiger partial charge in [0.15, 0.2) is 16.7 Å². The van der Waals surface area contributed by atoms with E-state index in [4.69, 9.17) is 14.2 Å². The van der Waals surface area contributed by atoms with E-state index in [9.17, 15) is 4.79 Å². The highest BCUT2D eigenvalue weighted by molar-refractivity contribution is 8.18. The Balaban J connectivity index is 1.90. The predicted molar refractivity (Wildman–Crippen MR) is 121 cm³/mol. The molecule has 1 fully saturated rings. The quantitative estimate of drug-likeness (QED) is 0.571. The van der Waals surface area contributed by atoms with Gasteiger partial charge in [-0.2, -0.15) is 0 Å². The highest BCUT2D eigenvalue weighted by Crippen LogP contribution is 2.36. The van der Waals surface area contributed by atoms with Crippen LogP contribution in [0.3, 0.4) is 0 Å². The molecule has 0 N–H and O–H groups in total. The molecule has 6 nitrogen and oxygen atoms in total. The SMILES string of the molecule is COCCN1C(=O)/C(=C\c2ccc(OC(C)C)c(OC)c2)SC1=Nc1ccccc1. The molecule has 0 spiro atoms. The van der Waals surface area contributed by atoms with Crippen molar-refractivity contribution in [2.75, 3.05) is 27.4 Å². The third kappa shape index (κ3) is 5.43. The summed E-state index contributed by atoms with van der Waals surface area (Å²) in [5.41, 5.74) is 1.65. The maximum Gasteiger partial charge on any atom is 0.266 e. The van der Waals surface area contributed by atoms with E-state index < -0.39 is 0 Å².